The Labute approximate surface area is 89.6 Å². The lowest BCUT2D eigenvalue weighted by Crippen LogP contribution is -2.35. The summed E-state index contributed by atoms with van der Waals surface area (Å²) in [6, 6.07) is 0. The second kappa shape index (κ2) is 6.53. The minimum Gasteiger partial charge on any atom is -0.356 e. The van der Waals surface area contributed by atoms with E-state index in [1.54, 1.807) is 27.7 Å². The van der Waals surface area contributed by atoms with Crippen LogP contribution in [0.2, 0.25) is 0 Å². The zero-order valence-electron chi connectivity index (χ0n) is 9.77. The molecule has 5 nitrogen and oxygen atoms in total. The van der Waals surface area contributed by atoms with Crippen LogP contribution in [0.5, 0.6) is 0 Å². The summed E-state index contributed by atoms with van der Waals surface area (Å²) in [5, 5.41) is 0. The van der Waals surface area contributed by atoms with Crippen molar-refractivity contribution in [2.45, 2.75) is 52.9 Å². The van der Waals surface area contributed by atoms with Crippen LogP contribution < -0.4 is 0 Å². The molecule has 0 radical (unpaired) electrons. The molecule has 0 aliphatic carbocycles. The number of Topliss-reactive ketones (excluding diaryl/α,β-unsaturated/α-hetero) is 1. The second-order valence-corrected chi connectivity index (χ2v) is 3.72. The SMILES string of the molecule is CC(=O)C(OC(C)C)C(=O)OOC(C)C. The zero-order valence-corrected chi connectivity index (χ0v) is 9.77. The Balaban J connectivity index is 4.23. The number of hydrogen-bond donors (Lipinski definition) is 0. The smallest absolute Gasteiger partial charge is 0.356 e. The highest BCUT2D eigenvalue weighted by molar-refractivity contribution is 6.00. The molecule has 15 heavy (non-hydrogen) atoms. The van der Waals surface area contributed by atoms with E-state index >= 15 is 0 Å². The number of ether oxygens (including phenoxy) is 1. The van der Waals surface area contributed by atoms with E-state index in [1.807, 2.05) is 0 Å². The van der Waals surface area contributed by atoms with E-state index < -0.39 is 17.9 Å². The van der Waals surface area contributed by atoms with Gasteiger partial charge in [0.25, 0.3) is 0 Å². The van der Waals surface area contributed by atoms with Crippen LogP contribution in [0.4, 0.5) is 0 Å². The van der Waals surface area contributed by atoms with Crippen LogP contribution >= 0.6 is 0 Å². The Kier molecular flexibility index (Phi) is 6.12. The Morgan fingerprint density at radius 1 is 1.00 bits per heavy atom. The number of rotatable bonds is 6. The van der Waals surface area contributed by atoms with Crippen LogP contribution in [0.1, 0.15) is 34.6 Å². The molecule has 0 fully saturated rings. The van der Waals surface area contributed by atoms with Crippen LogP contribution in [0.3, 0.4) is 0 Å². The first-order chi connectivity index (χ1) is 6.84. The van der Waals surface area contributed by atoms with Gasteiger partial charge in [0.15, 0.2) is 5.78 Å². The number of hydrogen-bond acceptors (Lipinski definition) is 5. The fourth-order valence-electron chi connectivity index (χ4n) is 0.777. The van der Waals surface area contributed by atoms with Gasteiger partial charge in [0, 0.05) is 0 Å². The zero-order chi connectivity index (χ0) is 12.0. The molecule has 0 rings (SSSR count). The second-order valence-electron chi connectivity index (χ2n) is 3.72. The maximum absolute atomic E-state index is 11.3. The van der Waals surface area contributed by atoms with Crippen molar-refractivity contribution in [1.82, 2.24) is 0 Å². The van der Waals surface area contributed by atoms with Crippen molar-refractivity contribution in [1.29, 1.82) is 0 Å². The van der Waals surface area contributed by atoms with E-state index in [9.17, 15) is 9.59 Å². The number of ketones is 1. The lowest BCUT2D eigenvalue weighted by molar-refractivity contribution is -0.297. The highest BCUT2D eigenvalue weighted by Crippen LogP contribution is 2.03. The summed E-state index contributed by atoms with van der Waals surface area (Å²) >= 11 is 0. The largest absolute Gasteiger partial charge is 0.378 e. The molecule has 0 spiro atoms. The molecule has 1 atom stereocenters. The predicted molar refractivity (Wildman–Crippen MR) is 53.0 cm³/mol. The third kappa shape index (κ3) is 6.19. The van der Waals surface area contributed by atoms with E-state index in [0.29, 0.717) is 0 Å². The van der Waals surface area contributed by atoms with E-state index in [1.165, 1.54) is 6.92 Å². The van der Waals surface area contributed by atoms with Crippen LogP contribution in [-0.4, -0.2) is 30.1 Å². The van der Waals surface area contributed by atoms with E-state index in [2.05, 4.69) is 9.78 Å². The van der Waals surface area contributed by atoms with E-state index in [-0.39, 0.29) is 12.2 Å². The van der Waals surface area contributed by atoms with Gasteiger partial charge >= 0.3 is 5.97 Å². The third-order valence-corrected chi connectivity index (χ3v) is 1.31. The summed E-state index contributed by atoms with van der Waals surface area (Å²) in [4.78, 5) is 31.5. The molecule has 0 aliphatic heterocycles. The molecule has 0 saturated carbocycles. The molecule has 0 amide bonds. The van der Waals surface area contributed by atoms with Crippen molar-refractivity contribution in [2.75, 3.05) is 0 Å². The maximum atomic E-state index is 11.3. The molecule has 88 valence electrons. The minimum absolute atomic E-state index is 0.231. The minimum atomic E-state index is -1.20. The van der Waals surface area contributed by atoms with Crippen LogP contribution in [0.15, 0.2) is 0 Å². The van der Waals surface area contributed by atoms with Gasteiger partial charge in [-0.1, -0.05) is 0 Å². The summed E-state index contributed by atoms with van der Waals surface area (Å²) in [6.07, 6.45) is -1.69. The van der Waals surface area contributed by atoms with Crippen molar-refractivity contribution in [3.05, 3.63) is 0 Å². The molecule has 0 heterocycles. The fourth-order valence-corrected chi connectivity index (χ4v) is 0.777. The normalized spacial score (nSPS) is 13.0. The predicted octanol–water partition coefficient (Wildman–Crippen LogP) is 1.25. The summed E-state index contributed by atoms with van der Waals surface area (Å²) in [5.41, 5.74) is 0. The van der Waals surface area contributed by atoms with Crippen molar-refractivity contribution in [2.24, 2.45) is 0 Å². The highest BCUT2D eigenvalue weighted by atomic mass is 17.2. The van der Waals surface area contributed by atoms with Crippen LogP contribution in [0.25, 0.3) is 0 Å². The van der Waals surface area contributed by atoms with Gasteiger partial charge in [-0.3, -0.25) is 9.68 Å². The van der Waals surface area contributed by atoms with Gasteiger partial charge in [-0.15, -0.1) is 0 Å². The Morgan fingerprint density at radius 2 is 1.53 bits per heavy atom. The van der Waals surface area contributed by atoms with E-state index in [0.717, 1.165) is 0 Å². The molecule has 0 saturated heterocycles. The monoisotopic (exact) mass is 218 g/mol. The van der Waals surface area contributed by atoms with E-state index in [4.69, 9.17) is 4.74 Å². The Bertz CT molecular complexity index is 222. The van der Waals surface area contributed by atoms with Crippen molar-refractivity contribution in [3.8, 4) is 0 Å². The van der Waals surface area contributed by atoms with Crippen molar-refractivity contribution < 1.29 is 24.1 Å². The Hall–Kier alpha value is -0.940. The number of carbonyl (C=O) groups is 2. The molecule has 0 aliphatic rings. The molecular weight excluding hydrogens is 200 g/mol. The average Bonchev–Trinajstić information content (AvgIpc) is 2.09. The summed E-state index contributed by atoms with van der Waals surface area (Å²) < 4.78 is 5.10. The standard InChI is InChI=1S/C10H18O5/c1-6(2)13-9(8(5)11)10(12)15-14-7(3)4/h6-7,9H,1-5H3. The molecule has 0 N–H and O–H groups in total. The van der Waals surface area contributed by atoms with Gasteiger partial charge in [0.1, 0.15) is 0 Å². The lowest BCUT2D eigenvalue weighted by Gasteiger charge is -2.16. The molecule has 1 unspecified atom stereocenters. The van der Waals surface area contributed by atoms with Gasteiger partial charge in [0.05, 0.1) is 12.2 Å². The maximum Gasteiger partial charge on any atom is 0.378 e. The van der Waals surface area contributed by atoms with Gasteiger partial charge in [-0.25, -0.2) is 4.79 Å². The fraction of sp³-hybridized carbons (Fsp3) is 0.800. The van der Waals surface area contributed by atoms with Gasteiger partial charge < -0.3 is 4.74 Å². The van der Waals surface area contributed by atoms with Gasteiger partial charge in [-0.2, -0.15) is 4.89 Å². The molecule has 5 heteroatoms. The number of carbonyl (C=O) groups excluding carboxylic acids is 2. The third-order valence-electron chi connectivity index (χ3n) is 1.31. The first kappa shape index (κ1) is 14.1. The summed E-state index contributed by atoms with van der Waals surface area (Å²) in [6.45, 7) is 8.14. The average molecular weight is 218 g/mol. The Morgan fingerprint density at radius 3 is 1.87 bits per heavy atom. The quantitative estimate of drug-likeness (QED) is 0.381. The van der Waals surface area contributed by atoms with Gasteiger partial charge in [-0.05, 0) is 34.6 Å². The topological polar surface area (TPSA) is 61.8 Å². The molecule has 0 aromatic heterocycles. The van der Waals surface area contributed by atoms with Gasteiger partial charge in [0.2, 0.25) is 6.10 Å². The highest BCUT2D eigenvalue weighted by Gasteiger charge is 2.28. The first-order valence-corrected chi connectivity index (χ1v) is 4.87. The van der Waals surface area contributed by atoms with Crippen molar-refractivity contribution in [3.63, 3.8) is 0 Å². The van der Waals surface area contributed by atoms with Crippen LogP contribution in [0, 0.1) is 0 Å². The summed E-state index contributed by atoms with van der Waals surface area (Å²) in [7, 11) is 0. The molecule has 0 aromatic carbocycles. The van der Waals surface area contributed by atoms with Crippen molar-refractivity contribution >= 4 is 11.8 Å². The van der Waals surface area contributed by atoms with Crippen LogP contribution in [-0.2, 0) is 24.1 Å². The summed E-state index contributed by atoms with van der Waals surface area (Å²) in [5.74, 6) is -1.22. The lowest BCUT2D eigenvalue weighted by atomic mass is 10.2. The molecule has 0 aromatic rings. The molecular formula is C10H18O5. The first-order valence-electron chi connectivity index (χ1n) is 4.87. The molecule has 0 bridgehead atoms.